The van der Waals surface area contributed by atoms with Gasteiger partial charge < -0.3 is 11.1 Å². The average molecular weight is 318 g/mol. The second-order valence-electron chi connectivity index (χ2n) is 4.52. The van der Waals surface area contributed by atoms with Crippen LogP contribution in [0.3, 0.4) is 0 Å². The molecular formula is C16H15FN2O2S. The highest BCUT2D eigenvalue weighted by atomic mass is 32.2. The van der Waals surface area contributed by atoms with E-state index < -0.39 is 5.91 Å². The lowest BCUT2D eigenvalue weighted by Crippen LogP contribution is -2.13. The van der Waals surface area contributed by atoms with Gasteiger partial charge in [0.1, 0.15) is 5.82 Å². The molecule has 4 nitrogen and oxygen atoms in total. The van der Waals surface area contributed by atoms with E-state index >= 15 is 0 Å². The van der Waals surface area contributed by atoms with Crippen LogP contribution < -0.4 is 11.1 Å². The van der Waals surface area contributed by atoms with Crippen molar-refractivity contribution in [3.05, 3.63) is 59.9 Å². The number of halogens is 1. The first-order chi connectivity index (χ1) is 10.6. The maximum absolute atomic E-state index is 13.4. The van der Waals surface area contributed by atoms with Crippen molar-refractivity contribution in [1.82, 2.24) is 0 Å². The first-order valence-electron chi connectivity index (χ1n) is 6.63. The largest absolute Gasteiger partial charge is 0.366 e. The third kappa shape index (κ3) is 4.60. The lowest BCUT2D eigenvalue weighted by atomic mass is 10.2. The second-order valence-corrected chi connectivity index (χ2v) is 5.66. The van der Waals surface area contributed by atoms with Gasteiger partial charge in [0.15, 0.2) is 0 Å². The normalized spacial score (nSPS) is 10.2. The highest BCUT2D eigenvalue weighted by Gasteiger charge is 2.06. The minimum absolute atomic E-state index is 0.171. The van der Waals surface area contributed by atoms with E-state index in [9.17, 15) is 14.0 Å². The molecular weight excluding hydrogens is 303 g/mol. The summed E-state index contributed by atoms with van der Waals surface area (Å²) in [6.45, 7) is 0. The number of nitrogens with one attached hydrogen (secondary N) is 1. The van der Waals surface area contributed by atoms with Crippen molar-refractivity contribution < 1.29 is 14.0 Å². The molecule has 0 atom stereocenters. The summed E-state index contributed by atoms with van der Waals surface area (Å²) in [7, 11) is 0. The van der Waals surface area contributed by atoms with Crippen molar-refractivity contribution in [2.75, 3.05) is 11.1 Å². The molecule has 2 aromatic rings. The van der Waals surface area contributed by atoms with Crippen LogP contribution in [0.1, 0.15) is 16.8 Å². The molecule has 0 unspecified atom stereocenters. The highest BCUT2D eigenvalue weighted by Crippen LogP contribution is 2.22. The topological polar surface area (TPSA) is 72.2 Å². The molecule has 0 spiro atoms. The van der Waals surface area contributed by atoms with Gasteiger partial charge in [-0.2, -0.15) is 0 Å². The Kier molecular flexibility index (Phi) is 5.55. The molecule has 0 radical (unpaired) electrons. The number of carbonyl (C=O) groups is 2. The van der Waals surface area contributed by atoms with Gasteiger partial charge in [-0.05, 0) is 36.4 Å². The predicted octanol–water partition coefficient (Wildman–Crippen LogP) is 3.05. The zero-order chi connectivity index (χ0) is 15.9. The van der Waals surface area contributed by atoms with Gasteiger partial charge in [-0.15, -0.1) is 11.8 Å². The standard InChI is InChI=1S/C16H15FN2O2S/c17-13-3-1-2-4-14(13)22-10-9-15(20)19-12-7-5-11(6-8-12)16(18)21/h1-8H,9-10H2,(H2,18,21)(H,19,20). The van der Waals surface area contributed by atoms with Crippen LogP contribution in [0.2, 0.25) is 0 Å². The smallest absolute Gasteiger partial charge is 0.248 e. The Balaban J connectivity index is 1.80. The van der Waals surface area contributed by atoms with Crippen molar-refractivity contribution in [3.8, 4) is 0 Å². The van der Waals surface area contributed by atoms with Gasteiger partial charge in [-0.3, -0.25) is 9.59 Å². The Morgan fingerprint density at radius 3 is 2.41 bits per heavy atom. The SMILES string of the molecule is NC(=O)c1ccc(NC(=O)CCSc2ccccc2F)cc1. The zero-order valence-electron chi connectivity index (χ0n) is 11.7. The van der Waals surface area contributed by atoms with Gasteiger partial charge in [0.05, 0.1) is 0 Å². The van der Waals surface area contributed by atoms with E-state index in [1.54, 1.807) is 42.5 Å². The van der Waals surface area contributed by atoms with Crippen LogP contribution in [0.25, 0.3) is 0 Å². The molecule has 0 aliphatic rings. The lowest BCUT2D eigenvalue weighted by molar-refractivity contribution is -0.115. The molecule has 2 rings (SSSR count). The van der Waals surface area contributed by atoms with E-state index in [-0.39, 0.29) is 18.1 Å². The molecule has 6 heteroatoms. The third-order valence-corrected chi connectivity index (χ3v) is 3.93. The van der Waals surface area contributed by atoms with Gasteiger partial charge in [0.25, 0.3) is 0 Å². The fraction of sp³-hybridized carbons (Fsp3) is 0.125. The van der Waals surface area contributed by atoms with Crippen LogP contribution in [0.4, 0.5) is 10.1 Å². The number of primary amides is 1. The van der Waals surface area contributed by atoms with Gasteiger partial charge in [-0.1, -0.05) is 12.1 Å². The van der Waals surface area contributed by atoms with Crippen LogP contribution >= 0.6 is 11.8 Å². The quantitative estimate of drug-likeness (QED) is 0.804. The molecule has 0 fully saturated rings. The van der Waals surface area contributed by atoms with Gasteiger partial charge in [-0.25, -0.2) is 4.39 Å². The Hall–Kier alpha value is -2.34. The maximum atomic E-state index is 13.4. The van der Waals surface area contributed by atoms with Gasteiger partial charge in [0.2, 0.25) is 11.8 Å². The number of rotatable bonds is 6. The number of nitrogens with two attached hydrogens (primary N) is 1. The molecule has 0 saturated heterocycles. The number of hydrogen-bond acceptors (Lipinski definition) is 3. The minimum Gasteiger partial charge on any atom is -0.366 e. The molecule has 0 aliphatic carbocycles. The maximum Gasteiger partial charge on any atom is 0.248 e. The van der Waals surface area contributed by atoms with Crippen LogP contribution in [0, 0.1) is 5.82 Å². The summed E-state index contributed by atoms with van der Waals surface area (Å²) in [5.74, 6) is -0.489. The van der Waals surface area contributed by atoms with Crippen molar-refractivity contribution in [3.63, 3.8) is 0 Å². The molecule has 3 N–H and O–H groups in total. The van der Waals surface area contributed by atoms with Crippen molar-refractivity contribution in [1.29, 1.82) is 0 Å². The van der Waals surface area contributed by atoms with Crippen LogP contribution in [0.15, 0.2) is 53.4 Å². The van der Waals surface area contributed by atoms with E-state index in [4.69, 9.17) is 5.73 Å². The fourth-order valence-electron chi connectivity index (χ4n) is 1.76. The molecule has 2 aromatic carbocycles. The van der Waals surface area contributed by atoms with Crippen LogP contribution in [-0.4, -0.2) is 17.6 Å². The number of hydrogen-bond donors (Lipinski definition) is 2. The van der Waals surface area contributed by atoms with E-state index in [2.05, 4.69) is 5.32 Å². The molecule has 0 saturated carbocycles. The Labute approximate surface area is 131 Å². The minimum atomic E-state index is -0.515. The Bertz CT molecular complexity index is 674. The molecule has 0 heterocycles. The van der Waals surface area contributed by atoms with Crippen molar-refractivity contribution in [2.45, 2.75) is 11.3 Å². The Morgan fingerprint density at radius 1 is 1.09 bits per heavy atom. The highest BCUT2D eigenvalue weighted by molar-refractivity contribution is 7.99. The van der Waals surface area contributed by atoms with E-state index in [0.717, 1.165) is 0 Å². The van der Waals surface area contributed by atoms with E-state index in [1.165, 1.54) is 17.8 Å². The lowest BCUT2D eigenvalue weighted by Gasteiger charge is -2.06. The summed E-state index contributed by atoms with van der Waals surface area (Å²) in [6.07, 6.45) is 0.260. The molecule has 0 bridgehead atoms. The third-order valence-electron chi connectivity index (χ3n) is 2.88. The molecule has 22 heavy (non-hydrogen) atoms. The monoisotopic (exact) mass is 318 g/mol. The van der Waals surface area contributed by atoms with E-state index in [1.807, 2.05) is 0 Å². The number of thioether (sulfide) groups is 1. The summed E-state index contributed by atoms with van der Waals surface area (Å²) in [4.78, 5) is 23.3. The van der Waals surface area contributed by atoms with E-state index in [0.29, 0.717) is 21.9 Å². The fourth-order valence-corrected chi connectivity index (χ4v) is 2.64. The van der Waals surface area contributed by atoms with Crippen molar-refractivity contribution >= 4 is 29.3 Å². The van der Waals surface area contributed by atoms with Crippen LogP contribution in [-0.2, 0) is 4.79 Å². The first kappa shape index (κ1) is 16.0. The Morgan fingerprint density at radius 2 is 1.77 bits per heavy atom. The summed E-state index contributed by atoms with van der Waals surface area (Å²) in [6, 6.07) is 12.8. The molecule has 0 aliphatic heterocycles. The van der Waals surface area contributed by atoms with Crippen molar-refractivity contribution in [2.24, 2.45) is 5.73 Å². The number of benzene rings is 2. The second kappa shape index (κ2) is 7.61. The summed E-state index contributed by atoms with van der Waals surface area (Å²) in [5, 5.41) is 2.71. The number of amides is 2. The molecule has 0 aromatic heterocycles. The average Bonchev–Trinajstić information content (AvgIpc) is 2.50. The summed E-state index contributed by atoms with van der Waals surface area (Å²) < 4.78 is 13.4. The number of carbonyl (C=O) groups excluding carboxylic acids is 2. The molecule has 114 valence electrons. The summed E-state index contributed by atoms with van der Waals surface area (Å²) >= 11 is 1.30. The number of anilines is 1. The zero-order valence-corrected chi connectivity index (χ0v) is 12.5. The van der Waals surface area contributed by atoms with Gasteiger partial charge >= 0.3 is 0 Å². The van der Waals surface area contributed by atoms with Crippen LogP contribution in [0.5, 0.6) is 0 Å². The molecule has 2 amide bonds. The van der Waals surface area contributed by atoms with Gasteiger partial charge in [0, 0.05) is 28.3 Å². The summed E-state index contributed by atoms with van der Waals surface area (Å²) in [5.41, 5.74) is 6.11. The predicted molar refractivity (Wildman–Crippen MR) is 85.3 cm³/mol. The first-order valence-corrected chi connectivity index (χ1v) is 7.62.